The van der Waals surface area contributed by atoms with E-state index in [1.165, 1.54) is 0 Å². The summed E-state index contributed by atoms with van der Waals surface area (Å²) in [4.78, 5) is 0. The maximum Gasteiger partial charge on any atom is 0.344 e. The molecule has 0 aliphatic heterocycles. The second-order valence-electron chi connectivity index (χ2n) is 7.59. The second kappa shape index (κ2) is 12.8. The summed E-state index contributed by atoms with van der Waals surface area (Å²) in [5, 5.41) is 3.18. The maximum absolute atomic E-state index is 12.7. The molecule has 0 spiro atoms. The van der Waals surface area contributed by atoms with Crippen LogP contribution in [0.1, 0.15) is 30.5 Å². The van der Waals surface area contributed by atoms with Gasteiger partial charge >= 0.3 is 7.60 Å². The van der Waals surface area contributed by atoms with Crippen LogP contribution in [-0.2, 0) is 24.0 Å². The summed E-state index contributed by atoms with van der Waals surface area (Å²) in [6, 6.07) is 28.3. The van der Waals surface area contributed by atoms with Gasteiger partial charge in [-0.25, -0.2) is 0 Å². The molecule has 6 nitrogen and oxygen atoms in total. The van der Waals surface area contributed by atoms with Crippen molar-refractivity contribution in [3.05, 3.63) is 102 Å². The molecule has 0 radical (unpaired) electrons. The summed E-state index contributed by atoms with van der Waals surface area (Å²) < 4.78 is 35.6. The molecular formula is C27H34NO5P. The van der Waals surface area contributed by atoms with Gasteiger partial charge in [-0.15, -0.1) is 0 Å². The Morgan fingerprint density at radius 2 is 1.26 bits per heavy atom. The van der Waals surface area contributed by atoms with Crippen LogP contribution in [0.2, 0.25) is 0 Å². The third-order valence-electron chi connectivity index (χ3n) is 5.41. The molecule has 0 aromatic heterocycles. The molecule has 34 heavy (non-hydrogen) atoms. The number of benzene rings is 3. The topological polar surface area (TPSA) is 66.0 Å². The molecule has 0 bridgehead atoms. The third-order valence-corrected chi connectivity index (χ3v) is 7.33. The van der Waals surface area contributed by atoms with Gasteiger partial charge in [0.1, 0.15) is 11.4 Å². The number of ether oxygens (including phenoxy) is 2. The SMILES string of the molecule is CCOP(=O)(CNCCOC(c1ccccc1)(c1ccccc1)c1ccc(OC)cc1)OCC. The number of nitrogens with one attached hydrogen (secondary N) is 1. The van der Waals surface area contributed by atoms with E-state index in [-0.39, 0.29) is 6.29 Å². The van der Waals surface area contributed by atoms with Crippen molar-refractivity contribution in [3.8, 4) is 5.75 Å². The van der Waals surface area contributed by atoms with Gasteiger partial charge in [-0.2, -0.15) is 0 Å². The molecule has 3 rings (SSSR count). The maximum atomic E-state index is 12.7. The highest BCUT2D eigenvalue weighted by molar-refractivity contribution is 7.53. The molecule has 0 amide bonds. The Morgan fingerprint density at radius 1 is 0.765 bits per heavy atom. The molecule has 0 saturated carbocycles. The van der Waals surface area contributed by atoms with E-state index >= 15 is 0 Å². The van der Waals surface area contributed by atoms with Gasteiger partial charge in [0.2, 0.25) is 0 Å². The summed E-state index contributed by atoms with van der Waals surface area (Å²) in [5.74, 6) is 0.781. The first-order chi connectivity index (χ1) is 16.6. The minimum Gasteiger partial charge on any atom is -0.497 e. The minimum absolute atomic E-state index is 0.129. The molecule has 0 unspecified atom stereocenters. The zero-order chi connectivity index (χ0) is 24.3. The molecule has 0 fully saturated rings. The Hall–Kier alpha value is -2.47. The van der Waals surface area contributed by atoms with E-state index in [4.69, 9.17) is 18.5 Å². The fraction of sp³-hybridized carbons (Fsp3) is 0.333. The monoisotopic (exact) mass is 483 g/mol. The van der Waals surface area contributed by atoms with Gasteiger partial charge in [-0.05, 0) is 42.7 Å². The molecule has 3 aromatic carbocycles. The first-order valence-electron chi connectivity index (χ1n) is 11.6. The van der Waals surface area contributed by atoms with Crippen LogP contribution in [0.4, 0.5) is 0 Å². The van der Waals surface area contributed by atoms with E-state index in [2.05, 4.69) is 29.6 Å². The fourth-order valence-electron chi connectivity index (χ4n) is 3.94. The van der Waals surface area contributed by atoms with Crippen molar-refractivity contribution in [3.63, 3.8) is 0 Å². The van der Waals surface area contributed by atoms with E-state index in [9.17, 15) is 4.57 Å². The Bertz CT molecular complexity index is 978. The number of methoxy groups -OCH3 is 1. The normalized spacial score (nSPS) is 12.0. The molecule has 0 heterocycles. The third kappa shape index (κ3) is 6.35. The minimum atomic E-state index is -3.16. The first kappa shape index (κ1) is 26.1. The smallest absolute Gasteiger partial charge is 0.344 e. The van der Waals surface area contributed by atoms with Crippen LogP contribution < -0.4 is 10.1 Å². The lowest BCUT2D eigenvalue weighted by atomic mass is 9.80. The Kier molecular flexibility index (Phi) is 9.87. The van der Waals surface area contributed by atoms with Crippen molar-refractivity contribution in [1.29, 1.82) is 0 Å². The summed E-state index contributed by atoms with van der Waals surface area (Å²) >= 11 is 0. The van der Waals surface area contributed by atoms with Crippen molar-refractivity contribution < 1.29 is 23.1 Å². The average Bonchev–Trinajstić information content (AvgIpc) is 2.88. The van der Waals surface area contributed by atoms with Crippen molar-refractivity contribution in [2.45, 2.75) is 19.4 Å². The summed E-state index contributed by atoms with van der Waals surface area (Å²) in [6.45, 7) is 5.11. The van der Waals surface area contributed by atoms with Crippen LogP contribution in [0.15, 0.2) is 84.9 Å². The van der Waals surface area contributed by atoms with Crippen LogP contribution in [0.3, 0.4) is 0 Å². The number of hydrogen-bond acceptors (Lipinski definition) is 6. The van der Waals surface area contributed by atoms with Crippen LogP contribution in [-0.4, -0.2) is 39.8 Å². The van der Waals surface area contributed by atoms with Gasteiger partial charge in [0, 0.05) is 6.54 Å². The van der Waals surface area contributed by atoms with Gasteiger partial charge in [-0.1, -0.05) is 72.8 Å². The highest BCUT2D eigenvalue weighted by Gasteiger charge is 2.37. The van der Waals surface area contributed by atoms with Crippen molar-refractivity contribution in [1.82, 2.24) is 5.32 Å². The lowest BCUT2D eigenvalue weighted by Crippen LogP contribution is -2.35. The predicted molar refractivity (Wildman–Crippen MR) is 135 cm³/mol. The molecule has 3 aromatic rings. The van der Waals surface area contributed by atoms with Gasteiger partial charge in [0.15, 0.2) is 0 Å². The molecule has 1 N–H and O–H groups in total. The molecular weight excluding hydrogens is 449 g/mol. The molecule has 7 heteroatoms. The Labute approximate surface area is 202 Å². The van der Waals surface area contributed by atoms with E-state index in [0.717, 1.165) is 22.4 Å². The lowest BCUT2D eigenvalue weighted by molar-refractivity contribution is 0.0151. The summed E-state index contributed by atoms with van der Waals surface area (Å²) in [7, 11) is -1.51. The standard InChI is InChI=1S/C27H34NO5P/c1-4-32-34(29,33-5-2)22-28-20-21-31-27(23-12-8-6-9-13-23,24-14-10-7-11-15-24)25-16-18-26(30-3)19-17-25/h6-19,28H,4-5,20-22H2,1-3H3. The molecule has 182 valence electrons. The quantitative estimate of drug-likeness (QED) is 0.177. The molecule has 0 saturated heterocycles. The van der Waals surface area contributed by atoms with E-state index in [1.807, 2.05) is 60.7 Å². The zero-order valence-electron chi connectivity index (χ0n) is 20.1. The number of hydrogen-bond donors (Lipinski definition) is 1. The van der Waals surface area contributed by atoms with Crippen LogP contribution in [0.5, 0.6) is 5.75 Å². The molecule has 0 aliphatic rings. The van der Waals surface area contributed by atoms with Crippen LogP contribution in [0, 0.1) is 0 Å². The Morgan fingerprint density at radius 3 is 1.74 bits per heavy atom. The van der Waals surface area contributed by atoms with E-state index < -0.39 is 13.2 Å². The van der Waals surface area contributed by atoms with Crippen molar-refractivity contribution >= 4 is 7.60 Å². The highest BCUT2D eigenvalue weighted by Crippen LogP contribution is 2.46. The van der Waals surface area contributed by atoms with Crippen LogP contribution in [0.25, 0.3) is 0 Å². The predicted octanol–water partition coefficient (Wildman–Crippen LogP) is 5.82. The van der Waals surface area contributed by atoms with Gasteiger partial charge in [0.25, 0.3) is 0 Å². The van der Waals surface area contributed by atoms with Gasteiger partial charge in [0.05, 0.1) is 33.2 Å². The summed E-state index contributed by atoms with van der Waals surface area (Å²) in [5.41, 5.74) is 2.18. The molecule has 0 aliphatic carbocycles. The first-order valence-corrected chi connectivity index (χ1v) is 13.3. The number of rotatable bonds is 14. The van der Waals surface area contributed by atoms with Crippen LogP contribution >= 0.6 is 7.60 Å². The molecule has 0 atom stereocenters. The van der Waals surface area contributed by atoms with Gasteiger partial charge < -0.3 is 23.8 Å². The Balaban J connectivity index is 1.89. The fourth-order valence-corrected chi connectivity index (χ4v) is 5.41. The van der Waals surface area contributed by atoms with Crippen molar-refractivity contribution in [2.24, 2.45) is 0 Å². The lowest BCUT2D eigenvalue weighted by Gasteiger charge is -2.36. The van der Waals surface area contributed by atoms with Gasteiger partial charge in [-0.3, -0.25) is 4.57 Å². The van der Waals surface area contributed by atoms with E-state index in [1.54, 1.807) is 21.0 Å². The second-order valence-corrected chi connectivity index (χ2v) is 9.65. The largest absolute Gasteiger partial charge is 0.497 e. The summed E-state index contributed by atoms with van der Waals surface area (Å²) in [6.07, 6.45) is 0.129. The van der Waals surface area contributed by atoms with Crippen molar-refractivity contribution in [2.75, 3.05) is 39.8 Å². The zero-order valence-corrected chi connectivity index (χ0v) is 21.0. The highest BCUT2D eigenvalue weighted by atomic mass is 31.2. The van der Waals surface area contributed by atoms with E-state index in [0.29, 0.717) is 26.4 Å². The average molecular weight is 484 g/mol.